The van der Waals surface area contributed by atoms with E-state index in [0.29, 0.717) is 37.5 Å². The summed E-state index contributed by atoms with van der Waals surface area (Å²) in [5.74, 6) is -3.26. The van der Waals surface area contributed by atoms with Gasteiger partial charge in [0, 0.05) is 5.39 Å². The van der Waals surface area contributed by atoms with Gasteiger partial charge >= 0.3 is 92.9 Å². The van der Waals surface area contributed by atoms with Crippen LogP contribution in [0.4, 0.5) is 0 Å². The molecule has 4 N–H and O–H groups in total. The van der Waals surface area contributed by atoms with Crippen molar-refractivity contribution >= 4 is 124 Å². The summed E-state index contributed by atoms with van der Waals surface area (Å²) in [7, 11) is -9.26. The number of aryl methyl sites for hydroxylation is 1. The van der Waals surface area contributed by atoms with Crippen molar-refractivity contribution in [2.75, 3.05) is 0 Å². The van der Waals surface area contributed by atoms with Crippen molar-refractivity contribution in [3.8, 4) is 0 Å². The Morgan fingerprint density at radius 1 is 0.635 bits per heavy atom. The predicted molar refractivity (Wildman–Crippen MR) is 214 cm³/mol. The molecular weight excluding hydrogens is 743 g/mol. The van der Waals surface area contributed by atoms with Crippen LogP contribution in [0.1, 0.15) is 155 Å². The quantitative estimate of drug-likeness (QED) is 0.0408. The van der Waals surface area contributed by atoms with Crippen molar-refractivity contribution in [1.82, 2.24) is 0 Å². The molecule has 10 nitrogen and oxygen atoms in total. The number of benzene rings is 2. The van der Waals surface area contributed by atoms with Crippen molar-refractivity contribution in [2.45, 2.75) is 166 Å². The number of carboxylic acids is 2. The molecule has 2 rings (SSSR count). The average Bonchev–Trinajstić information content (AvgIpc) is 3.04. The summed E-state index contributed by atoms with van der Waals surface area (Å²) in [6.45, 7) is 6.35. The van der Waals surface area contributed by atoms with Gasteiger partial charge in [-0.15, -0.1) is 0 Å². The number of hydrogen-bond donors (Lipinski definition) is 4. The van der Waals surface area contributed by atoms with Crippen molar-refractivity contribution in [1.29, 1.82) is 0 Å². The van der Waals surface area contributed by atoms with Gasteiger partial charge in [0.05, 0.1) is 5.41 Å². The van der Waals surface area contributed by atoms with E-state index in [1.54, 1.807) is 12.1 Å². The zero-order valence-corrected chi connectivity index (χ0v) is 32.1. The van der Waals surface area contributed by atoms with E-state index in [-0.39, 0.29) is 98.7 Å². The molecule has 0 heterocycles. The molecule has 2 aromatic rings. The van der Waals surface area contributed by atoms with E-state index in [4.69, 9.17) is 0 Å². The molecule has 0 aliphatic heterocycles. The Balaban J connectivity index is 0. The van der Waals surface area contributed by atoms with Gasteiger partial charge in [0.25, 0.3) is 20.2 Å². The predicted octanol–water partition coefficient (Wildman–Crippen LogP) is 8.59. The van der Waals surface area contributed by atoms with Crippen LogP contribution in [0.2, 0.25) is 0 Å². The van der Waals surface area contributed by atoms with Crippen LogP contribution >= 0.6 is 0 Å². The molecule has 1 atom stereocenters. The molecular formula is C38H64KNaO10S2. The molecule has 0 saturated heterocycles. The fourth-order valence-corrected chi connectivity index (χ4v) is 8.82. The van der Waals surface area contributed by atoms with E-state index in [1.807, 2.05) is 24.3 Å². The molecule has 290 valence electrons. The molecule has 0 aliphatic rings. The first kappa shape index (κ1) is 54.2. The number of carboxylic acid groups (broad SMARTS) is 2. The molecule has 14 heteroatoms. The van der Waals surface area contributed by atoms with Gasteiger partial charge in [-0.3, -0.25) is 18.7 Å². The van der Waals surface area contributed by atoms with E-state index in [1.165, 1.54) is 25.7 Å². The van der Waals surface area contributed by atoms with Gasteiger partial charge in [-0.1, -0.05) is 166 Å². The topological polar surface area (TPSA) is 183 Å². The van der Waals surface area contributed by atoms with Gasteiger partial charge in [0.15, 0.2) is 5.25 Å². The van der Waals surface area contributed by atoms with E-state index < -0.39 is 42.8 Å². The number of hydrogen-bond acceptors (Lipinski definition) is 6. The zero-order chi connectivity index (χ0) is 37.6. The summed E-state index contributed by atoms with van der Waals surface area (Å²) >= 11 is 0. The number of rotatable bonds is 26. The summed E-state index contributed by atoms with van der Waals surface area (Å²) in [4.78, 5) is 23.8. The average molecular weight is 807 g/mol. The van der Waals surface area contributed by atoms with Gasteiger partial charge in [-0.05, 0) is 36.6 Å². The van der Waals surface area contributed by atoms with Gasteiger partial charge in [0.1, 0.15) is 4.90 Å². The standard InChI is InChI=1S/C20H38O7S.C18H24O3S.K.Na.2H/c1-3-5-7-9-11-13-15-20(19(23)24,16-14-12-10-8-6-4-2)17(18(21)22)28(25,26)27;1-2-3-4-5-6-7-11-16-14-13-15-10-8-9-12-17(15)18(16)22(19,20)21;;;;/h17H,3-16H2,1-2H3,(H,21,22)(H,23,24)(H,25,26,27);8-10,12-14H,2-7,11H2,1H3,(H,19,20,21);;;;. The van der Waals surface area contributed by atoms with Crippen LogP contribution in [0.15, 0.2) is 41.3 Å². The normalized spacial score (nSPS) is 12.2. The molecule has 0 aliphatic carbocycles. The van der Waals surface area contributed by atoms with Crippen LogP contribution in [-0.4, -0.2) is 134 Å². The fraction of sp³-hybridized carbons (Fsp3) is 0.684. The van der Waals surface area contributed by atoms with Crippen molar-refractivity contribution in [3.05, 3.63) is 42.0 Å². The van der Waals surface area contributed by atoms with Gasteiger partial charge in [-0.25, -0.2) is 0 Å². The number of fused-ring (bicyclic) bond motifs is 1. The van der Waals surface area contributed by atoms with E-state index in [0.717, 1.165) is 75.2 Å². The summed E-state index contributed by atoms with van der Waals surface area (Å²) < 4.78 is 66.3. The van der Waals surface area contributed by atoms with Gasteiger partial charge < -0.3 is 10.2 Å². The Bertz CT molecular complexity index is 1500. The Kier molecular flexibility index (Phi) is 30.6. The third-order valence-electron chi connectivity index (χ3n) is 9.42. The molecule has 0 aromatic heterocycles. The molecule has 0 saturated carbocycles. The van der Waals surface area contributed by atoms with Crippen LogP contribution in [-0.2, 0) is 36.2 Å². The van der Waals surface area contributed by atoms with Gasteiger partial charge in [0.2, 0.25) is 0 Å². The van der Waals surface area contributed by atoms with Crippen LogP contribution in [0.5, 0.6) is 0 Å². The molecule has 0 spiro atoms. The molecule has 0 bridgehead atoms. The minimum atomic E-state index is -5.05. The Labute approximate surface area is 378 Å². The maximum absolute atomic E-state index is 12.1. The Morgan fingerprint density at radius 3 is 1.46 bits per heavy atom. The van der Waals surface area contributed by atoms with Crippen LogP contribution < -0.4 is 0 Å². The summed E-state index contributed by atoms with van der Waals surface area (Å²) in [5, 5.41) is 18.4. The Morgan fingerprint density at radius 2 is 1.06 bits per heavy atom. The molecule has 0 radical (unpaired) electrons. The monoisotopic (exact) mass is 806 g/mol. The van der Waals surface area contributed by atoms with E-state index >= 15 is 0 Å². The molecule has 0 fully saturated rings. The SMILES string of the molecule is CCCCCCCCC(CCCCCCCC)(C(=O)O)C(C(=O)O)S(=O)(=O)O.CCCCCCCCc1ccc2ccccc2c1S(=O)(=O)O.[KH].[NaH]. The summed E-state index contributed by atoms with van der Waals surface area (Å²) in [5.41, 5.74) is -1.29. The molecule has 0 amide bonds. The van der Waals surface area contributed by atoms with Gasteiger partial charge in [-0.2, -0.15) is 16.8 Å². The minimum absolute atomic E-state index is 0. The second-order valence-electron chi connectivity index (χ2n) is 13.5. The fourth-order valence-electron chi connectivity index (χ4n) is 6.69. The first-order valence-electron chi connectivity index (χ1n) is 18.6. The molecule has 52 heavy (non-hydrogen) atoms. The maximum atomic E-state index is 12.1. The number of carbonyl (C=O) groups is 2. The summed E-state index contributed by atoms with van der Waals surface area (Å²) in [6.07, 6.45) is 17.8. The first-order chi connectivity index (χ1) is 23.7. The summed E-state index contributed by atoms with van der Waals surface area (Å²) in [6, 6.07) is 11.0. The first-order valence-corrected chi connectivity index (χ1v) is 21.5. The van der Waals surface area contributed by atoms with E-state index in [2.05, 4.69) is 20.8 Å². The third-order valence-corrected chi connectivity index (χ3v) is 11.7. The molecule has 1 unspecified atom stereocenters. The van der Waals surface area contributed by atoms with Crippen LogP contribution in [0.3, 0.4) is 0 Å². The van der Waals surface area contributed by atoms with Crippen LogP contribution in [0, 0.1) is 5.41 Å². The third kappa shape index (κ3) is 19.8. The molecule has 2 aromatic carbocycles. The second kappa shape index (κ2) is 29.4. The number of unbranched alkanes of at least 4 members (excludes halogenated alkanes) is 15. The number of aliphatic carboxylic acids is 2. The zero-order valence-electron chi connectivity index (χ0n) is 30.4. The van der Waals surface area contributed by atoms with Crippen LogP contribution in [0.25, 0.3) is 10.8 Å². The second-order valence-corrected chi connectivity index (χ2v) is 16.4. The van der Waals surface area contributed by atoms with Crippen molar-refractivity contribution in [2.24, 2.45) is 5.41 Å². The van der Waals surface area contributed by atoms with Crippen molar-refractivity contribution < 1.29 is 45.7 Å². The van der Waals surface area contributed by atoms with E-state index in [9.17, 15) is 45.7 Å². The Hall–Kier alpha value is 0.0964. The van der Waals surface area contributed by atoms with Crippen molar-refractivity contribution in [3.63, 3.8) is 0 Å².